The molecular weight excluding hydrogens is 446 g/mol. The van der Waals surface area contributed by atoms with Crippen molar-refractivity contribution >= 4 is 27.0 Å². The van der Waals surface area contributed by atoms with Crippen LogP contribution in [0, 0.1) is 12.8 Å². The zero-order valence-corrected chi connectivity index (χ0v) is 21.7. The van der Waals surface area contributed by atoms with E-state index in [1.165, 1.54) is 60.3 Å². The summed E-state index contributed by atoms with van der Waals surface area (Å²) in [6.07, 6.45) is 5.00. The van der Waals surface area contributed by atoms with E-state index in [2.05, 4.69) is 98.1 Å². The van der Waals surface area contributed by atoms with Crippen molar-refractivity contribution in [1.29, 1.82) is 0 Å². The Labute approximate surface area is 213 Å². The maximum atomic E-state index is 6.55. The highest BCUT2D eigenvalue weighted by Gasteiger charge is 2.19. The molecule has 0 amide bonds. The summed E-state index contributed by atoms with van der Waals surface area (Å²) in [6, 6.07) is 25.6. The van der Waals surface area contributed by atoms with Crippen molar-refractivity contribution in [2.45, 2.75) is 39.5 Å². The molecule has 180 valence electrons. The highest BCUT2D eigenvalue weighted by Crippen LogP contribution is 2.45. The van der Waals surface area contributed by atoms with Gasteiger partial charge in [-0.3, -0.25) is 0 Å². The highest BCUT2D eigenvalue weighted by atomic mass is 32.1. The standard InChI is InChI=1S/C32H35NOS/c1-23-19-21-33(22-23)20-9-8-11-26-15-17-27(18-16-26)34-31-29-13-6-7-14-30(29)35-32(31)25(3)28-12-5-4-10-24(28)2/h4-7,10,12-18,23H,3,8-9,11,19-22H2,1-2H3. The molecule has 1 aliphatic rings. The monoisotopic (exact) mass is 481 g/mol. The molecule has 2 nitrogen and oxygen atoms in total. The predicted molar refractivity (Wildman–Crippen MR) is 151 cm³/mol. The first-order chi connectivity index (χ1) is 17.1. The van der Waals surface area contributed by atoms with Gasteiger partial charge in [0.15, 0.2) is 5.75 Å². The van der Waals surface area contributed by atoms with Crippen LogP contribution in [0.1, 0.15) is 47.8 Å². The quantitative estimate of drug-likeness (QED) is 0.222. The molecule has 0 saturated carbocycles. The molecule has 2 heterocycles. The average molecular weight is 482 g/mol. The molecule has 1 aliphatic heterocycles. The molecule has 1 aromatic heterocycles. The molecule has 3 heteroatoms. The Morgan fingerprint density at radius 2 is 1.77 bits per heavy atom. The number of rotatable bonds is 9. The molecule has 1 saturated heterocycles. The molecular formula is C32H35NOS. The third-order valence-electron chi connectivity index (χ3n) is 7.14. The summed E-state index contributed by atoms with van der Waals surface area (Å²) >= 11 is 1.75. The average Bonchev–Trinajstić information content (AvgIpc) is 3.46. The lowest BCUT2D eigenvalue weighted by molar-refractivity contribution is 0.320. The van der Waals surface area contributed by atoms with Crippen molar-refractivity contribution in [3.63, 3.8) is 0 Å². The third kappa shape index (κ3) is 5.52. The van der Waals surface area contributed by atoms with Crippen LogP contribution in [-0.4, -0.2) is 24.5 Å². The number of likely N-dealkylation sites (tertiary alicyclic amines) is 1. The number of fused-ring (bicyclic) bond motifs is 1. The van der Waals surface area contributed by atoms with Gasteiger partial charge in [-0.15, -0.1) is 11.3 Å². The minimum atomic E-state index is 0.872. The van der Waals surface area contributed by atoms with Crippen LogP contribution >= 0.6 is 11.3 Å². The van der Waals surface area contributed by atoms with Crippen molar-refractivity contribution < 1.29 is 4.74 Å². The summed E-state index contributed by atoms with van der Waals surface area (Å²) in [5.41, 5.74) is 4.79. The fourth-order valence-electron chi connectivity index (χ4n) is 5.09. The normalized spacial score (nSPS) is 16.1. The van der Waals surface area contributed by atoms with E-state index in [1.54, 1.807) is 11.3 Å². The number of benzene rings is 3. The Kier molecular flexibility index (Phi) is 7.36. The Morgan fingerprint density at radius 3 is 2.54 bits per heavy atom. The molecule has 0 aliphatic carbocycles. The molecule has 1 fully saturated rings. The van der Waals surface area contributed by atoms with Crippen LogP contribution < -0.4 is 4.74 Å². The van der Waals surface area contributed by atoms with E-state index in [-0.39, 0.29) is 0 Å². The fraction of sp³-hybridized carbons (Fsp3) is 0.312. The Morgan fingerprint density at radius 1 is 1.00 bits per heavy atom. The molecule has 0 spiro atoms. The van der Waals surface area contributed by atoms with Crippen LogP contribution in [0.3, 0.4) is 0 Å². The second-order valence-corrected chi connectivity index (χ2v) is 11.0. The summed E-state index contributed by atoms with van der Waals surface area (Å²) in [4.78, 5) is 3.72. The minimum Gasteiger partial charge on any atom is -0.455 e. The molecule has 0 N–H and O–H groups in total. The van der Waals surface area contributed by atoms with Gasteiger partial charge in [0.05, 0.1) is 4.88 Å². The molecule has 5 rings (SSSR count). The van der Waals surface area contributed by atoms with Crippen molar-refractivity contribution in [2.75, 3.05) is 19.6 Å². The summed E-state index contributed by atoms with van der Waals surface area (Å²) in [6.45, 7) is 12.8. The molecule has 1 atom stereocenters. The molecule has 1 unspecified atom stereocenters. The first-order valence-corrected chi connectivity index (χ1v) is 13.7. The zero-order chi connectivity index (χ0) is 24.2. The van der Waals surface area contributed by atoms with E-state index in [0.717, 1.165) is 39.7 Å². The lowest BCUT2D eigenvalue weighted by atomic mass is 10.00. The second kappa shape index (κ2) is 10.8. The summed E-state index contributed by atoms with van der Waals surface area (Å²) < 4.78 is 7.77. The van der Waals surface area contributed by atoms with Crippen LogP contribution in [0.25, 0.3) is 15.7 Å². The Balaban J connectivity index is 1.29. The number of thiophene rings is 1. The predicted octanol–water partition coefficient (Wildman–Crippen LogP) is 8.73. The van der Waals surface area contributed by atoms with Crippen LogP contribution in [0.2, 0.25) is 0 Å². The Hall–Kier alpha value is -2.88. The van der Waals surface area contributed by atoms with Gasteiger partial charge in [0.25, 0.3) is 0 Å². The third-order valence-corrected chi connectivity index (χ3v) is 8.35. The molecule has 0 radical (unpaired) electrons. The SMILES string of the molecule is C=C(c1ccccc1C)c1sc2ccccc2c1Oc1ccc(CCCCN2CCC(C)C2)cc1. The molecule has 35 heavy (non-hydrogen) atoms. The topological polar surface area (TPSA) is 12.5 Å². The van der Waals surface area contributed by atoms with Gasteiger partial charge in [0.2, 0.25) is 0 Å². The number of ether oxygens (including phenoxy) is 1. The van der Waals surface area contributed by atoms with Crippen molar-refractivity contribution in [1.82, 2.24) is 4.90 Å². The van der Waals surface area contributed by atoms with Gasteiger partial charge in [-0.2, -0.15) is 0 Å². The van der Waals surface area contributed by atoms with Crippen LogP contribution in [0.15, 0.2) is 79.4 Å². The van der Waals surface area contributed by atoms with E-state index in [0.29, 0.717) is 0 Å². The van der Waals surface area contributed by atoms with Gasteiger partial charge in [-0.25, -0.2) is 0 Å². The van der Waals surface area contributed by atoms with E-state index < -0.39 is 0 Å². The smallest absolute Gasteiger partial charge is 0.153 e. The first kappa shape index (κ1) is 23.8. The zero-order valence-electron chi connectivity index (χ0n) is 20.9. The summed E-state index contributed by atoms with van der Waals surface area (Å²) in [7, 11) is 0. The van der Waals surface area contributed by atoms with E-state index >= 15 is 0 Å². The van der Waals surface area contributed by atoms with Gasteiger partial charge >= 0.3 is 0 Å². The summed E-state index contributed by atoms with van der Waals surface area (Å²) in [5, 5.41) is 1.14. The summed E-state index contributed by atoms with van der Waals surface area (Å²) in [5.74, 6) is 2.66. The largest absolute Gasteiger partial charge is 0.455 e. The number of aryl methyl sites for hydroxylation is 2. The highest BCUT2D eigenvalue weighted by molar-refractivity contribution is 7.20. The van der Waals surface area contributed by atoms with Crippen molar-refractivity contribution in [3.05, 3.63) is 101 Å². The van der Waals surface area contributed by atoms with E-state index in [4.69, 9.17) is 4.74 Å². The lowest BCUT2D eigenvalue weighted by Crippen LogP contribution is -2.21. The Bertz CT molecular complexity index is 1300. The number of hydrogen-bond acceptors (Lipinski definition) is 3. The molecule has 4 aromatic rings. The number of unbranched alkanes of at least 4 members (excludes halogenated alkanes) is 1. The van der Waals surface area contributed by atoms with Crippen molar-refractivity contribution in [3.8, 4) is 11.5 Å². The number of nitrogens with zero attached hydrogens (tertiary/aromatic N) is 1. The van der Waals surface area contributed by atoms with Gasteiger partial charge in [-0.05, 0) is 98.1 Å². The van der Waals surface area contributed by atoms with Crippen molar-refractivity contribution in [2.24, 2.45) is 5.92 Å². The lowest BCUT2D eigenvalue weighted by Gasteiger charge is -2.14. The molecule has 0 bridgehead atoms. The van der Waals surface area contributed by atoms with E-state index in [1.807, 2.05) is 0 Å². The van der Waals surface area contributed by atoms with Gasteiger partial charge in [0.1, 0.15) is 5.75 Å². The van der Waals surface area contributed by atoms with E-state index in [9.17, 15) is 0 Å². The van der Waals surface area contributed by atoms with Crippen LogP contribution in [0.4, 0.5) is 0 Å². The van der Waals surface area contributed by atoms with Crippen LogP contribution in [-0.2, 0) is 6.42 Å². The number of hydrogen-bond donors (Lipinski definition) is 0. The van der Waals surface area contributed by atoms with Gasteiger partial charge in [0, 0.05) is 16.6 Å². The second-order valence-electron chi connectivity index (χ2n) is 9.95. The molecule has 3 aromatic carbocycles. The van der Waals surface area contributed by atoms with Gasteiger partial charge in [-0.1, -0.05) is 62.0 Å². The maximum Gasteiger partial charge on any atom is 0.153 e. The van der Waals surface area contributed by atoms with Gasteiger partial charge < -0.3 is 9.64 Å². The fourth-order valence-corrected chi connectivity index (χ4v) is 6.21. The maximum absolute atomic E-state index is 6.55. The minimum absolute atomic E-state index is 0.872. The van der Waals surface area contributed by atoms with Crippen LogP contribution in [0.5, 0.6) is 11.5 Å². The first-order valence-electron chi connectivity index (χ1n) is 12.8.